The molecule has 0 atom stereocenters. The van der Waals surface area contributed by atoms with Crippen molar-refractivity contribution in [3.63, 3.8) is 0 Å². The van der Waals surface area contributed by atoms with Crippen molar-refractivity contribution < 1.29 is 19.1 Å². The second-order valence-electron chi connectivity index (χ2n) is 3.73. The van der Waals surface area contributed by atoms with Crippen molar-refractivity contribution >= 4 is 28.1 Å². The molecule has 0 aliphatic rings. The third-order valence-electron chi connectivity index (χ3n) is 2.40. The maximum atomic E-state index is 11.5. The quantitative estimate of drug-likeness (QED) is 0.662. The lowest BCUT2D eigenvalue weighted by atomic mass is 10.2. The molecule has 0 fully saturated rings. The number of nitrogens with one attached hydrogen (secondary N) is 1. The number of phenols is 1. The number of nitrogens with zero attached hydrogens (tertiary/aromatic N) is 1. The van der Waals surface area contributed by atoms with Gasteiger partial charge in [-0.3, -0.25) is 4.79 Å². The number of hydrogen-bond donors (Lipinski definition) is 2. The molecule has 2 rings (SSSR count). The predicted octanol–water partition coefficient (Wildman–Crippen LogP) is 2.52. The summed E-state index contributed by atoms with van der Waals surface area (Å²) in [5, 5.41) is 13.5. The molecule has 2 N–H and O–H groups in total. The summed E-state index contributed by atoms with van der Waals surface area (Å²) in [7, 11) is 1.45. The highest BCUT2D eigenvalue weighted by atomic mass is 79.9. The number of benzene rings is 1. The van der Waals surface area contributed by atoms with E-state index in [1.807, 2.05) is 0 Å². The fraction of sp³-hybridized carbons (Fsp3) is 0.0769. The van der Waals surface area contributed by atoms with Gasteiger partial charge in [0.15, 0.2) is 17.3 Å². The standard InChI is InChI=1S/C13H11BrN2O4/c1-19-11-6-8(5-9(14)12(11)17)7-15-16-13(18)10-3-2-4-20-10/h2-7,17H,1H3,(H,16,18). The molecule has 0 saturated heterocycles. The summed E-state index contributed by atoms with van der Waals surface area (Å²) < 4.78 is 10.4. The van der Waals surface area contributed by atoms with Gasteiger partial charge in [0.25, 0.3) is 0 Å². The molecule has 0 spiro atoms. The van der Waals surface area contributed by atoms with Crippen LogP contribution < -0.4 is 10.2 Å². The Bertz CT molecular complexity index is 638. The van der Waals surface area contributed by atoms with Gasteiger partial charge in [-0.2, -0.15) is 5.10 Å². The zero-order valence-corrected chi connectivity index (χ0v) is 12.0. The fourth-order valence-electron chi connectivity index (χ4n) is 1.45. The van der Waals surface area contributed by atoms with Gasteiger partial charge in [0, 0.05) is 0 Å². The minimum Gasteiger partial charge on any atom is -0.503 e. The molecule has 1 aromatic heterocycles. The van der Waals surface area contributed by atoms with Gasteiger partial charge in [0.05, 0.1) is 24.1 Å². The van der Waals surface area contributed by atoms with Crippen LogP contribution in [0.1, 0.15) is 16.1 Å². The molecular formula is C13H11BrN2O4. The molecule has 20 heavy (non-hydrogen) atoms. The number of carbonyl (C=O) groups is 1. The largest absolute Gasteiger partial charge is 0.503 e. The van der Waals surface area contributed by atoms with Gasteiger partial charge in [0.2, 0.25) is 0 Å². The van der Waals surface area contributed by atoms with Crippen molar-refractivity contribution in [2.75, 3.05) is 7.11 Å². The van der Waals surface area contributed by atoms with E-state index in [2.05, 4.69) is 26.5 Å². The summed E-state index contributed by atoms with van der Waals surface area (Å²) in [6, 6.07) is 6.37. The van der Waals surface area contributed by atoms with E-state index in [-0.39, 0.29) is 11.5 Å². The molecule has 0 saturated carbocycles. The Hall–Kier alpha value is -2.28. The van der Waals surface area contributed by atoms with E-state index in [1.165, 1.54) is 25.7 Å². The summed E-state index contributed by atoms with van der Waals surface area (Å²) in [6.07, 6.45) is 2.83. The van der Waals surface area contributed by atoms with Gasteiger partial charge < -0.3 is 14.3 Å². The lowest BCUT2D eigenvalue weighted by Gasteiger charge is -2.06. The molecule has 6 nitrogen and oxygen atoms in total. The van der Waals surface area contributed by atoms with Gasteiger partial charge in [0.1, 0.15) is 0 Å². The first-order valence-corrected chi connectivity index (χ1v) is 6.34. The number of methoxy groups -OCH3 is 1. The minimum atomic E-state index is -0.448. The molecule has 2 aromatic rings. The summed E-state index contributed by atoms with van der Waals surface area (Å²) >= 11 is 3.20. The SMILES string of the molecule is COc1cc(C=NNC(=O)c2ccco2)cc(Br)c1O. The minimum absolute atomic E-state index is 0.00395. The molecule has 1 aromatic carbocycles. The molecule has 104 valence electrons. The normalized spacial score (nSPS) is 10.7. The average Bonchev–Trinajstić information content (AvgIpc) is 2.96. The number of rotatable bonds is 4. The lowest BCUT2D eigenvalue weighted by Crippen LogP contribution is -2.16. The van der Waals surface area contributed by atoms with Crippen LogP contribution >= 0.6 is 15.9 Å². The Morgan fingerprint density at radius 2 is 2.35 bits per heavy atom. The average molecular weight is 339 g/mol. The second-order valence-corrected chi connectivity index (χ2v) is 4.58. The zero-order chi connectivity index (χ0) is 14.5. The maximum Gasteiger partial charge on any atom is 0.307 e. The van der Waals surface area contributed by atoms with Crippen molar-refractivity contribution in [1.29, 1.82) is 0 Å². The molecule has 1 amide bonds. The number of carbonyl (C=O) groups excluding carboxylic acids is 1. The molecular weight excluding hydrogens is 328 g/mol. The Morgan fingerprint density at radius 1 is 1.55 bits per heavy atom. The van der Waals surface area contributed by atoms with E-state index in [9.17, 15) is 9.90 Å². The number of furan rings is 1. The third-order valence-corrected chi connectivity index (χ3v) is 3.00. The first-order chi connectivity index (χ1) is 9.61. The Morgan fingerprint density at radius 3 is 3.00 bits per heavy atom. The van der Waals surface area contributed by atoms with E-state index < -0.39 is 5.91 Å². The molecule has 7 heteroatoms. The summed E-state index contributed by atoms with van der Waals surface area (Å²) in [5.74, 6) is 0.0325. The first-order valence-electron chi connectivity index (χ1n) is 5.55. The van der Waals surface area contributed by atoms with Crippen molar-refractivity contribution in [3.8, 4) is 11.5 Å². The molecule has 0 aliphatic heterocycles. The van der Waals surface area contributed by atoms with Gasteiger partial charge in [-0.1, -0.05) is 0 Å². The Labute approximate surface area is 123 Å². The monoisotopic (exact) mass is 338 g/mol. The van der Waals surface area contributed by atoms with Crippen molar-refractivity contribution in [2.24, 2.45) is 5.10 Å². The van der Waals surface area contributed by atoms with Gasteiger partial charge in [-0.05, 0) is 45.8 Å². The van der Waals surface area contributed by atoms with Gasteiger partial charge >= 0.3 is 5.91 Å². The van der Waals surface area contributed by atoms with Crippen LogP contribution in [-0.2, 0) is 0 Å². The predicted molar refractivity (Wildman–Crippen MR) is 76.1 cm³/mol. The van der Waals surface area contributed by atoms with E-state index in [4.69, 9.17) is 9.15 Å². The van der Waals surface area contributed by atoms with E-state index in [0.29, 0.717) is 15.8 Å². The van der Waals surface area contributed by atoms with E-state index in [1.54, 1.807) is 18.2 Å². The highest BCUT2D eigenvalue weighted by molar-refractivity contribution is 9.10. The molecule has 0 aliphatic carbocycles. The maximum absolute atomic E-state index is 11.5. The number of hydrogen-bond acceptors (Lipinski definition) is 5. The smallest absolute Gasteiger partial charge is 0.307 e. The highest BCUT2D eigenvalue weighted by Gasteiger charge is 2.08. The Kier molecular flexibility index (Phi) is 4.41. The summed E-state index contributed by atoms with van der Waals surface area (Å²) in [4.78, 5) is 11.5. The van der Waals surface area contributed by atoms with Crippen molar-refractivity contribution in [2.45, 2.75) is 0 Å². The third kappa shape index (κ3) is 3.18. The number of phenolic OH excluding ortho intramolecular Hbond substituents is 1. The number of hydrazone groups is 1. The van der Waals surface area contributed by atoms with Crippen LogP contribution in [0.4, 0.5) is 0 Å². The number of amides is 1. The van der Waals surface area contributed by atoms with Crippen molar-refractivity contribution in [3.05, 3.63) is 46.3 Å². The van der Waals surface area contributed by atoms with Crippen LogP contribution in [0.3, 0.4) is 0 Å². The number of ether oxygens (including phenoxy) is 1. The zero-order valence-electron chi connectivity index (χ0n) is 10.5. The van der Waals surface area contributed by atoms with Crippen LogP contribution in [0.2, 0.25) is 0 Å². The van der Waals surface area contributed by atoms with Crippen LogP contribution in [-0.4, -0.2) is 24.3 Å². The lowest BCUT2D eigenvalue weighted by molar-refractivity contribution is 0.0927. The van der Waals surface area contributed by atoms with Crippen LogP contribution in [0.5, 0.6) is 11.5 Å². The van der Waals surface area contributed by atoms with E-state index in [0.717, 1.165) is 0 Å². The van der Waals surface area contributed by atoms with Crippen molar-refractivity contribution in [1.82, 2.24) is 5.43 Å². The molecule has 0 radical (unpaired) electrons. The van der Waals surface area contributed by atoms with Crippen LogP contribution in [0.25, 0.3) is 0 Å². The second kappa shape index (κ2) is 6.25. The summed E-state index contributed by atoms with van der Waals surface area (Å²) in [5.41, 5.74) is 2.97. The first kappa shape index (κ1) is 14.1. The fourth-order valence-corrected chi connectivity index (χ4v) is 1.91. The topological polar surface area (TPSA) is 84.1 Å². The molecule has 0 unspecified atom stereocenters. The van der Waals surface area contributed by atoms with Gasteiger partial charge in [-0.15, -0.1) is 0 Å². The Balaban J connectivity index is 2.08. The van der Waals surface area contributed by atoms with Crippen LogP contribution in [0, 0.1) is 0 Å². The summed E-state index contributed by atoms with van der Waals surface area (Å²) in [6.45, 7) is 0. The van der Waals surface area contributed by atoms with E-state index >= 15 is 0 Å². The van der Waals surface area contributed by atoms with Gasteiger partial charge in [-0.25, -0.2) is 5.43 Å². The highest BCUT2D eigenvalue weighted by Crippen LogP contribution is 2.34. The molecule has 1 heterocycles. The van der Waals surface area contributed by atoms with Crippen LogP contribution in [0.15, 0.2) is 44.5 Å². The molecule has 0 bridgehead atoms. The number of halogens is 1. The number of aromatic hydroxyl groups is 1.